The molecule has 0 heterocycles. The van der Waals surface area contributed by atoms with Gasteiger partial charge in [0.2, 0.25) is 0 Å². The molecule has 0 bridgehead atoms. The van der Waals surface area contributed by atoms with E-state index in [2.05, 4.69) is 52.8 Å². The van der Waals surface area contributed by atoms with E-state index in [1.54, 1.807) is 12.1 Å². The largest absolute Gasteiger partial charge is 0.493 e. The number of ether oxygens (including phenoxy) is 2. The zero-order valence-corrected chi connectivity index (χ0v) is 21.0. The SMILES string of the molecule is CCOc1ccccc1C(=O)OCC=C(C)CCC=C(C)CCC=C(C)CCC=C(C)C. The van der Waals surface area contributed by atoms with Gasteiger partial charge in [0.05, 0.1) is 6.61 Å². The van der Waals surface area contributed by atoms with Crippen LogP contribution in [-0.4, -0.2) is 19.2 Å². The molecule has 0 atom stereocenters. The molecule has 0 unspecified atom stereocenters. The minimum absolute atomic E-state index is 0.282. The van der Waals surface area contributed by atoms with Crippen LogP contribution in [0.15, 0.2) is 70.9 Å². The van der Waals surface area contributed by atoms with Crippen LogP contribution in [0.2, 0.25) is 0 Å². The van der Waals surface area contributed by atoms with Crippen molar-refractivity contribution in [3.05, 3.63) is 76.4 Å². The Balaban J connectivity index is 2.34. The van der Waals surface area contributed by atoms with Crippen molar-refractivity contribution in [3.63, 3.8) is 0 Å². The third-order valence-electron chi connectivity index (χ3n) is 5.21. The summed E-state index contributed by atoms with van der Waals surface area (Å²) in [7, 11) is 0. The van der Waals surface area contributed by atoms with Crippen molar-refractivity contribution in [2.75, 3.05) is 13.2 Å². The van der Waals surface area contributed by atoms with Crippen molar-refractivity contribution in [1.29, 1.82) is 0 Å². The van der Waals surface area contributed by atoms with Crippen LogP contribution in [0.3, 0.4) is 0 Å². The summed E-state index contributed by atoms with van der Waals surface area (Å²) < 4.78 is 10.9. The van der Waals surface area contributed by atoms with E-state index in [0.29, 0.717) is 17.9 Å². The molecule has 0 aliphatic heterocycles. The molecule has 0 aliphatic rings. The monoisotopic (exact) mass is 438 g/mol. The molecule has 0 radical (unpaired) electrons. The normalized spacial score (nSPS) is 12.5. The molecule has 0 saturated heterocycles. The molecule has 1 rings (SSSR count). The van der Waals surface area contributed by atoms with Gasteiger partial charge in [0, 0.05) is 0 Å². The minimum Gasteiger partial charge on any atom is -0.493 e. The van der Waals surface area contributed by atoms with Crippen LogP contribution >= 0.6 is 0 Å². The fourth-order valence-electron chi connectivity index (χ4n) is 3.24. The van der Waals surface area contributed by atoms with E-state index in [0.717, 1.165) is 38.5 Å². The van der Waals surface area contributed by atoms with Crippen LogP contribution in [0.4, 0.5) is 0 Å². The first-order valence-electron chi connectivity index (χ1n) is 11.8. The number of hydrogen-bond acceptors (Lipinski definition) is 3. The maximum Gasteiger partial charge on any atom is 0.342 e. The molecule has 1 aromatic carbocycles. The maximum absolute atomic E-state index is 12.3. The summed E-state index contributed by atoms with van der Waals surface area (Å²) in [5.74, 6) is 0.220. The third-order valence-corrected chi connectivity index (χ3v) is 5.21. The second-order valence-corrected chi connectivity index (χ2v) is 8.58. The van der Waals surface area contributed by atoms with Gasteiger partial charge in [-0.3, -0.25) is 0 Å². The molecule has 0 aliphatic carbocycles. The lowest BCUT2D eigenvalue weighted by Crippen LogP contribution is -2.08. The number of hydrogen-bond donors (Lipinski definition) is 0. The van der Waals surface area contributed by atoms with Gasteiger partial charge in [-0.2, -0.15) is 0 Å². The zero-order chi connectivity index (χ0) is 23.8. The molecular weight excluding hydrogens is 396 g/mol. The van der Waals surface area contributed by atoms with Crippen LogP contribution < -0.4 is 4.74 Å². The third kappa shape index (κ3) is 12.3. The zero-order valence-electron chi connectivity index (χ0n) is 21.0. The van der Waals surface area contributed by atoms with Crippen molar-refractivity contribution < 1.29 is 14.3 Å². The molecule has 3 nitrogen and oxygen atoms in total. The van der Waals surface area contributed by atoms with Crippen LogP contribution in [0.1, 0.15) is 90.4 Å². The summed E-state index contributed by atoms with van der Waals surface area (Å²) in [6, 6.07) is 7.19. The quantitative estimate of drug-likeness (QED) is 0.216. The van der Waals surface area contributed by atoms with Gasteiger partial charge >= 0.3 is 5.97 Å². The Morgan fingerprint density at radius 1 is 0.781 bits per heavy atom. The molecule has 3 heteroatoms. The number of benzene rings is 1. The van der Waals surface area contributed by atoms with E-state index in [9.17, 15) is 4.79 Å². The molecule has 0 saturated carbocycles. The highest BCUT2D eigenvalue weighted by atomic mass is 16.5. The van der Waals surface area contributed by atoms with Gasteiger partial charge in [0.25, 0.3) is 0 Å². The summed E-state index contributed by atoms with van der Waals surface area (Å²) in [6.07, 6.45) is 15.5. The average molecular weight is 439 g/mol. The minimum atomic E-state index is -0.349. The first-order chi connectivity index (χ1) is 15.3. The Kier molecular flexibility index (Phi) is 13.9. The number of rotatable bonds is 14. The Labute approximate surface area is 195 Å². The van der Waals surface area contributed by atoms with Crippen molar-refractivity contribution >= 4 is 5.97 Å². The molecule has 176 valence electrons. The highest BCUT2D eigenvalue weighted by Crippen LogP contribution is 2.19. The molecule has 0 spiro atoms. The van der Waals surface area contributed by atoms with E-state index in [1.807, 2.05) is 25.1 Å². The highest BCUT2D eigenvalue weighted by molar-refractivity contribution is 5.92. The molecule has 0 amide bonds. The van der Waals surface area contributed by atoms with E-state index >= 15 is 0 Å². The van der Waals surface area contributed by atoms with Gasteiger partial charge in [-0.25, -0.2) is 4.79 Å². The van der Waals surface area contributed by atoms with Gasteiger partial charge in [-0.1, -0.05) is 52.7 Å². The Morgan fingerprint density at radius 3 is 1.88 bits per heavy atom. The van der Waals surface area contributed by atoms with E-state index in [4.69, 9.17) is 9.47 Å². The van der Waals surface area contributed by atoms with Gasteiger partial charge in [-0.05, 0) is 98.3 Å². The predicted molar refractivity (Wildman–Crippen MR) is 136 cm³/mol. The van der Waals surface area contributed by atoms with Crippen LogP contribution in [0.25, 0.3) is 0 Å². The highest BCUT2D eigenvalue weighted by Gasteiger charge is 2.12. The van der Waals surface area contributed by atoms with Crippen molar-refractivity contribution in [1.82, 2.24) is 0 Å². The number of allylic oxidation sites excluding steroid dienone is 7. The fraction of sp³-hybridized carbons (Fsp3) is 0.483. The second-order valence-electron chi connectivity index (χ2n) is 8.58. The second kappa shape index (κ2) is 16.1. The number of carbonyl (C=O) groups excluding carboxylic acids is 1. The number of esters is 1. The average Bonchev–Trinajstić information content (AvgIpc) is 2.74. The van der Waals surface area contributed by atoms with Gasteiger partial charge in [0.15, 0.2) is 0 Å². The number of para-hydroxylation sites is 1. The van der Waals surface area contributed by atoms with Crippen LogP contribution in [0, 0.1) is 0 Å². The summed E-state index contributed by atoms with van der Waals surface area (Å²) in [5.41, 5.74) is 6.01. The Bertz CT molecular complexity index is 821. The Morgan fingerprint density at radius 2 is 1.31 bits per heavy atom. The van der Waals surface area contributed by atoms with Crippen LogP contribution in [-0.2, 0) is 4.74 Å². The predicted octanol–water partition coefficient (Wildman–Crippen LogP) is 8.39. The molecule has 0 N–H and O–H groups in total. The lowest BCUT2D eigenvalue weighted by atomic mass is 10.0. The topological polar surface area (TPSA) is 35.5 Å². The van der Waals surface area contributed by atoms with Crippen molar-refractivity contribution in [3.8, 4) is 5.75 Å². The van der Waals surface area contributed by atoms with Crippen LogP contribution in [0.5, 0.6) is 5.75 Å². The molecule has 32 heavy (non-hydrogen) atoms. The van der Waals surface area contributed by atoms with E-state index in [1.165, 1.54) is 22.3 Å². The summed E-state index contributed by atoms with van der Waals surface area (Å²) >= 11 is 0. The van der Waals surface area contributed by atoms with Gasteiger partial charge < -0.3 is 9.47 Å². The first kappa shape index (κ1) is 27.5. The van der Waals surface area contributed by atoms with Gasteiger partial charge in [0.1, 0.15) is 17.9 Å². The smallest absolute Gasteiger partial charge is 0.342 e. The first-order valence-corrected chi connectivity index (χ1v) is 11.8. The van der Waals surface area contributed by atoms with E-state index < -0.39 is 0 Å². The maximum atomic E-state index is 12.3. The fourth-order valence-corrected chi connectivity index (χ4v) is 3.24. The lowest BCUT2D eigenvalue weighted by molar-refractivity contribution is 0.0544. The summed E-state index contributed by atoms with van der Waals surface area (Å²) in [4.78, 5) is 12.3. The van der Waals surface area contributed by atoms with Gasteiger partial charge in [-0.15, -0.1) is 0 Å². The van der Waals surface area contributed by atoms with E-state index in [-0.39, 0.29) is 12.6 Å². The number of carbonyl (C=O) groups is 1. The van der Waals surface area contributed by atoms with Crippen molar-refractivity contribution in [2.45, 2.75) is 80.1 Å². The lowest BCUT2D eigenvalue weighted by Gasteiger charge is -2.09. The summed E-state index contributed by atoms with van der Waals surface area (Å²) in [5, 5.41) is 0. The Hall–Kier alpha value is -2.55. The summed E-state index contributed by atoms with van der Waals surface area (Å²) in [6.45, 7) is 13.5. The molecule has 0 aromatic heterocycles. The molecular formula is C29H42O3. The molecule has 0 fully saturated rings. The van der Waals surface area contributed by atoms with Crippen molar-refractivity contribution in [2.24, 2.45) is 0 Å². The molecule has 1 aromatic rings. The standard InChI is InChI=1S/C29H42O3/c1-7-31-28-20-9-8-19-27(28)29(30)32-22-21-26(6)18-12-17-25(5)16-11-15-24(4)14-10-13-23(2)3/h8-9,13,15,17,19-21H,7,10-12,14,16,18,22H2,1-6H3.